The molecular formula is C37H48O14. The molecule has 5 saturated carbocycles. The number of ether oxygens (including phenoxy) is 8. The molecule has 9 aliphatic rings. The number of fused-ring (bicyclic) bond motifs is 4. The zero-order chi connectivity index (χ0) is 36.9. The summed E-state index contributed by atoms with van der Waals surface area (Å²) in [5, 5.41) is 25.8. The summed E-state index contributed by atoms with van der Waals surface area (Å²) in [6.45, 7) is 14.1. The fourth-order valence-electron chi connectivity index (χ4n) is 14.0. The summed E-state index contributed by atoms with van der Waals surface area (Å²) in [5.74, 6) is -7.97. The van der Waals surface area contributed by atoms with Gasteiger partial charge in [-0.3, -0.25) is 19.2 Å². The molecular weight excluding hydrogens is 668 g/mol. The lowest BCUT2D eigenvalue weighted by Crippen LogP contribution is -2.94. The average molecular weight is 717 g/mol. The van der Waals surface area contributed by atoms with E-state index in [0.29, 0.717) is 6.42 Å². The molecule has 9 rings (SSSR count). The van der Waals surface area contributed by atoms with Crippen molar-refractivity contribution in [1.29, 1.82) is 0 Å². The smallest absolute Gasteiger partial charge is 0.311 e. The van der Waals surface area contributed by atoms with Gasteiger partial charge in [-0.25, -0.2) is 0 Å². The fourth-order valence-corrected chi connectivity index (χ4v) is 14.0. The molecule has 14 heteroatoms. The molecule has 0 radical (unpaired) electrons. The topological polar surface area (TPSA) is 183 Å². The Morgan fingerprint density at radius 3 is 2.24 bits per heavy atom. The Kier molecular flexibility index (Phi) is 6.19. The molecule has 14 nitrogen and oxygen atoms in total. The first-order valence-electron chi connectivity index (χ1n) is 18.2. The normalized spacial score (nSPS) is 57.1. The third kappa shape index (κ3) is 3.07. The van der Waals surface area contributed by atoms with E-state index in [1.165, 1.54) is 13.4 Å². The second kappa shape index (κ2) is 9.29. The van der Waals surface area contributed by atoms with Gasteiger partial charge in [-0.1, -0.05) is 48.5 Å². The molecule has 0 amide bonds. The van der Waals surface area contributed by atoms with Crippen molar-refractivity contribution in [3.63, 3.8) is 0 Å². The van der Waals surface area contributed by atoms with Crippen molar-refractivity contribution in [2.24, 2.45) is 51.2 Å². The van der Waals surface area contributed by atoms with Crippen LogP contribution in [0.3, 0.4) is 0 Å². The van der Waals surface area contributed by atoms with E-state index < -0.39 is 128 Å². The lowest BCUT2D eigenvalue weighted by Gasteiger charge is -2.77. The van der Waals surface area contributed by atoms with Crippen LogP contribution in [-0.4, -0.2) is 94.2 Å². The first-order chi connectivity index (χ1) is 23.7. The summed E-state index contributed by atoms with van der Waals surface area (Å²) in [4.78, 5) is 55.0. The van der Waals surface area contributed by atoms with Crippen LogP contribution in [0.1, 0.15) is 81.1 Å². The Labute approximate surface area is 295 Å². The Bertz CT molecular complexity index is 1710. The van der Waals surface area contributed by atoms with E-state index >= 15 is 0 Å². The van der Waals surface area contributed by atoms with Gasteiger partial charge in [-0.05, 0) is 31.3 Å². The van der Waals surface area contributed by atoms with E-state index in [9.17, 15) is 29.4 Å². The predicted molar refractivity (Wildman–Crippen MR) is 168 cm³/mol. The first-order valence-corrected chi connectivity index (χ1v) is 18.2. The van der Waals surface area contributed by atoms with Gasteiger partial charge in [0, 0.05) is 35.5 Å². The third-order valence-electron chi connectivity index (χ3n) is 15.5. The standard InChI is InChI=1S/C37H48O14/c1-16(2)22(39)46-26-29(5)10-11-34-31(7)18(14-19(38)44-9)30(6)15-35(31)36(43,25(30)42)27-37(34,51-32(8,49-34)50-35)21(29)20(24(41)47-27)33(26)12-13-45-28(33)48-23(40)17(3)4/h12-13,16-18,20-21,25-28,42-43H,10-11,14-15H2,1-9H3/t18-,20+,21+,25-,26+,27+,28-,29+,30+,31-,32+,33+,34-,35+,36-,37+/m0/s1. The van der Waals surface area contributed by atoms with Crippen LogP contribution in [0.15, 0.2) is 12.3 Å². The maximum Gasteiger partial charge on any atom is 0.311 e. The van der Waals surface area contributed by atoms with Gasteiger partial charge in [0.2, 0.25) is 0 Å². The molecule has 280 valence electrons. The summed E-state index contributed by atoms with van der Waals surface area (Å²) in [7, 11) is 1.31. The Hall–Kier alpha value is -2.78. The maximum atomic E-state index is 15.0. The molecule has 8 fully saturated rings. The van der Waals surface area contributed by atoms with Crippen molar-refractivity contribution < 1.29 is 67.3 Å². The molecule has 51 heavy (non-hydrogen) atoms. The highest BCUT2D eigenvalue weighted by Crippen LogP contribution is 2.91. The monoisotopic (exact) mass is 716 g/mol. The van der Waals surface area contributed by atoms with E-state index in [-0.39, 0.29) is 19.3 Å². The summed E-state index contributed by atoms with van der Waals surface area (Å²) in [6, 6.07) is 0. The number of hydrogen-bond donors (Lipinski definition) is 2. The van der Waals surface area contributed by atoms with Crippen LogP contribution in [0.4, 0.5) is 0 Å². The largest absolute Gasteiger partial charge is 0.469 e. The summed E-state index contributed by atoms with van der Waals surface area (Å²) < 4.78 is 51.3. The van der Waals surface area contributed by atoms with Crippen LogP contribution >= 0.6 is 0 Å². The molecule has 5 aliphatic carbocycles. The molecule has 0 aromatic rings. The zero-order valence-corrected chi connectivity index (χ0v) is 30.5. The second-order valence-corrected chi connectivity index (χ2v) is 18.2. The van der Waals surface area contributed by atoms with Gasteiger partial charge in [-0.2, -0.15) is 0 Å². The van der Waals surface area contributed by atoms with E-state index in [1.807, 2.05) is 20.8 Å². The van der Waals surface area contributed by atoms with Crippen molar-refractivity contribution >= 4 is 23.9 Å². The molecule has 4 heterocycles. The van der Waals surface area contributed by atoms with Crippen LogP contribution < -0.4 is 0 Å². The third-order valence-corrected chi connectivity index (χ3v) is 15.5. The van der Waals surface area contributed by atoms with Crippen LogP contribution in [0.2, 0.25) is 0 Å². The lowest BCUT2D eigenvalue weighted by atomic mass is 9.33. The first kappa shape index (κ1) is 34.0. The minimum Gasteiger partial charge on any atom is -0.469 e. The molecule has 4 spiro atoms. The van der Waals surface area contributed by atoms with Gasteiger partial charge in [-0.15, -0.1) is 0 Å². The summed E-state index contributed by atoms with van der Waals surface area (Å²) in [6.07, 6.45) is -1.86. The van der Waals surface area contributed by atoms with Crippen molar-refractivity contribution in [2.75, 3.05) is 7.11 Å². The maximum absolute atomic E-state index is 15.0. The van der Waals surface area contributed by atoms with Crippen LogP contribution in [-0.2, 0) is 57.1 Å². The van der Waals surface area contributed by atoms with E-state index in [4.69, 9.17) is 37.9 Å². The Morgan fingerprint density at radius 1 is 0.941 bits per heavy atom. The second-order valence-electron chi connectivity index (χ2n) is 18.2. The number of methoxy groups -OCH3 is 1. The van der Waals surface area contributed by atoms with Gasteiger partial charge in [0.25, 0.3) is 12.3 Å². The minimum absolute atomic E-state index is 0.0994. The Balaban J connectivity index is 1.33. The van der Waals surface area contributed by atoms with Gasteiger partial charge < -0.3 is 48.1 Å². The molecule has 4 bridgehead atoms. The van der Waals surface area contributed by atoms with Crippen molar-refractivity contribution in [1.82, 2.24) is 0 Å². The van der Waals surface area contributed by atoms with Crippen molar-refractivity contribution in [2.45, 2.75) is 134 Å². The number of esters is 4. The van der Waals surface area contributed by atoms with Gasteiger partial charge in [0.05, 0.1) is 37.2 Å². The molecule has 3 saturated heterocycles. The van der Waals surface area contributed by atoms with E-state index in [0.717, 1.165) is 0 Å². The number of rotatable bonds is 6. The number of aliphatic hydroxyl groups is 2. The van der Waals surface area contributed by atoms with Crippen molar-refractivity contribution in [3.05, 3.63) is 12.3 Å². The number of carbonyl (C=O) groups is 4. The Morgan fingerprint density at radius 2 is 1.59 bits per heavy atom. The highest BCUT2D eigenvalue weighted by molar-refractivity contribution is 5.81. The quantitative estimate of drug-likeness (QED) is 0.302. The molecule has 16 atom stereocenters. The average Bonchev–Trinajstić information content (AvgIpc) is 3.73. The number of aliphatic hydroxyl groups excluding tert-OH is 1. The zero-order valence-electron chi connectivity index (χ0n) is 30.5. The van der Waals surface area contributed by atoms with E-state index in [1.54, 1.807) is 40.7 Å². The number of carbonyl (C=O) groups excluding carboxylic acids is 4. The molecule has 0 unspecified atom stereocenters. The highest BCUT2D eigenvalue weighted by atomic mass is 16.9. The van der Waals surface area contributed by atoms with Crippen LogP contribution in [0.5, 0.6) is 0 Å². The number of hydrogen-bond acceptors (Lipinski definition) is 14. The molecule has 4 aliphatic heterocycles. The lowest BCUT2D eigenvalue weighted by molar-refractivity contribution is -0.479. The van der Waals surface area contributed by atoms with Crippen LogP contribution in [0.25, 0.3) is 0 Å². The summed E-state index contributed by atoms with van der Waals surface area (Å²) >= 11 is 0. The van der Waals surface area contributed by atoms with Gasteiger partial charge in [0.15, 0.2) is 11.7 Å². The van der Waals surface area contributed by atoms with Crippen molar-refractivity contribution in [3.8, 4) is 0 Å². The van der Waals surface area contributed by atoms with Gasteiger partial charge in [0.1, 0.15) is 28.3 Å². The minimum atomic E-state index is -2.21. The molecule has 2 N–H and O–H groups in total. The van der Waals surface area contributed by atoms with E-state index in [2.05, 4.69) is 0 Å². The SMILES string of the molecule is COC(=O)C[C@H]1[C@@]2(C)C[C@]34O[C@]5(C)O[C@]67[C@@H]8[C@H](C(=O)O[C@@H]6[C@@]3(O)[C@H]2O)[C@]2(C=CO[C@H]2OC(=O)C(C)C)[C@H](OC(=O)C(C)C)[C@]8(C)CC[C@]7(O5)[C@]14C. The fraction of sp³-hybridized carbons (Fsp3) is 0.838. The van der Waals surface area contributed by atoms with Crippen LogP contribution in [0, 0.1) is 51.2 Å². The van der Waals surface area contributed by atoms with Gasteiger partial charge >= 0.3 is 23.9 Å². The predicted octanol–water partition coefficient (Wildman–Crippen LogP) is 2.26. The summed E-state index contributed by atoms with van der Waals surface area (Å²) in [5.41, 5.74) is -11.8. The highest BCUT2D eigenvalue weighted by Gasteiger charge is 3.05. The molecule has 0 aromatic heterocycles. The molecule has 0 aromatic carbocycles.